The molecule has 0 amide bonds. The van der Waals surface area contributed by atoms with E-state index in [0.29, 0.717) is 22.7 Å². The van der Waals surface area contributed by atoms with Gasteiger partial charge in [0.1, 0.15) is 11.5 Å². The molecule has 5 heteroatoms. The van der Waals surface area contributed by atoms with E-state index < -0.39 is 0 Å². The van der Waals surface area contributed by atoms with Crippen LogP contribution in [0.15, 0.2) is 54.6 Å². The lowest BCUT2D eigenvalue weighted by molar-refractivity contribution is 0.103. The lowest BCUT2D eigenvalue weighted by Crippen LogP contribution is -2.04. The first-order valence-corrected chi connectivity index (χ1v) is 9.19. The van der Waals surface area contributed by atoms with Gasteiger partial charge in [-0.2, -0.15) is 0 Å². The minimum Gasteiger partial charge on any atom is -0.496 e. The molecule has 0 saturated heterocycles. The Morgan fingerprint density at radius 2 is 1.68 bits per heavy atom. The highest BCUT2D eigenvalue weighted by molar-refractivity contribution is 6.16. The summed E-state index contributed by atoms with van der Waals surface area (Å²) in [6, 6.07) is 16.7. The molecule has 0 bridgehead atoms. The number of benzene rings is 3. The molecule has 0 unspecified atom stereocenters. The van der Waals surface area contributed by atoms with Gasteiger partial charge in [-0.05, 0) is 35.7 Å². The second-order valence-corrected chi connectivity index (χ2v) is 6.06. The Morgan fingerprint density at radius 1 is 0.929 bits per heavy atom. The van der Waals surface area contributed by atoms with Crippen molar-refractivity contribution >= 4 is 33.1 Å². The van der Waals surface area contributed by atoms with E-state index in [-0.39, 0.29) is 5.78 Å². The topological polar surface area (TPSA) is 77.3 Å². The highest BCUT2D eigenvalue weighted by Gasteiger charge is 2.18. The Morgan fingerprint density at radius 3 is 2.39 bits per heavy atom. The molecule has 0 atom stereocenters. The van der Waals surface area contributed by atoms with Crippen LogP contribution in [-0.4, -0.2) is 25.0 Å². The first-order valence-electron chi connectivity index (χ1n) is 9.19. The summed E-state index contributed by atoms with van der Waals surface area (Å²) < 4.78 is 10.8. The molecule has 3 N–H and O–H groups in total. The largest absolute Gasteiger partial charge is 0.496 e. The van der Waals surface area contributed by atoms with E-state index in [9.17, 15) is 4.79 Å². The number of carbonyl (C=O) groups excluding carboxylic acids is 1. The van der Waals surface area contributed by atoms with Gasteiger partial charge in [0.2, 0.25) is 5.78 Å². The zero-order valence-corrected chi connectivity index (χ0v) is 16.5. The first kappa shape index (κ1) is 19.3. The smallest absolute Gasteiger partial charge is 0.212 e. The van der Waals surface area contributed by atoms with Crippen molar-refractivity contribution in [3.8, 4) is 11.5 Å². The van der Waals surface area contributed by atoms with E-state index in [0.717, 1.165) is 27.4 Å². The van der Waals surface area contributed by atoms with E-state index in [1.165, 1.54) is 7.11 Å². The lowest BCUT2D eigenvalue weighted by atomic mass is 10.0. The van der Waals surface area contributed by atoms with Crippen molar-refractivity contribution in [3.05, 3.63) is 65.9 Å². The molecule has 1 aromatic heterocycles. The number of ether oxygens (including phenoxy) is 2. The van der Waals surface area contributed by atoms with Gasteiger partial charge >= 0.3 is 0 Å². The van der Waals surface area contributed by atoms with Crippen LogP contribution in [0, 0.1) is 0 Å². The normalized spacial score (nSPS) is 10.4. The monoisotopic (exact) mass is 376 g/mol. The molecule has 4 aromatic rings. The van der Waals surface area contributed by atoms with E-state index in [1.54, 1.807) is 25.3 Å². The maximum absolute atomic E-state index is 13.0. The van der Waals surface area contributed by atoms with Crippen molar-refractivity contribution in [3.63, 3.8) is 0 Å². The fourth-order valence-corrected chi connectivity index (χ4v) is 3.29. The third kappa shape index (κ3) is 3.27. The molecular formula is C23H24N2O3. The van der Waals surface area contributed by atoms with Gasteiger partial charge in [-0.3, -0.25) is 4.79 Å². The fraction of sp³-hybridized carbons (Fsp3) is 0.174. The SMILES string of the molecule is CC.COc1cc(N)ccc1C(=O)c1cc2c(ccc3cccc(OC)c32)[nH]1. The average molecular weight is 376 g/mol. The highest BCUT2D eigenvalue weighted by atomic mass is 16.5. The summed E-state index contributed by atoms with van der Waals surface area (Å²) >= 11 is 0. The van der Waals surface area contributed by atoms with Crippen molar-refractivity contribution in [2.75, 3.05) is 20.0 Å². The Bertz CT molecular complexity index is 1150. The molecule has 28 heavy (non-hydrogen) atoms. The van der Waals surface area contributed by atoms with Gasteiger partial charge in [0.25, 0.3) is 0 Å². The zero-order chi connectivity index (χ0) is 20.3. The summed E-state index contributed by atoms with van der Waals surface area (Å²) in [7, 11) is 3.17. The number of nitrogen functional groups attached to an aromatic ring is 1. The summed E-state index contributed by atoms with van der Waals surface area (Å²) in [5.41, 5.74) is 8.16. The number of methoxy groups -OCH3 is 2. The van der Waals surface area contributed by atoms with Gasteiger partial charge in [-0.25, -0.2) is 0 Å². The van der Waals surface area contributed by atoms with Crippen LogP contribution in [0.1, 0.15) is 29.9 Å². The Hall–Kier alpha value is -3.47. The lowest BCUT2D eigenvalue weighted by Gasteiger charge is -2.07. The third-order valence-corrected chi connectivity index (χ3v) is 4.54. The van der Waals surface area contributed by atoms with Gasteiger partial charge in [0, 0.05) is 28.0 Å². The molecule has 0 aliphatic carbocycles. The molecule has 3 aromatic carbocycles. The number of aromatic amines is 1. The summed E-state index contributed by atoms with van der Waals surface area (Å²) in [6.45, 7) is 4.00. The number of carbonyl (C=O) groups is 1. The standard InChI is InChI=1S/C21H18N2O3.C2H6/c1-25-18-5-3-4-12-6-9-16-15(20(12)18)11-17(23-16)21(24)14-8-7-13(22)10-19(14)26-2;1-2/h3-11,23H,22H2,1-2H3;1-2H3. The number of H-pyrrole nitrogens is 1. The van der Waals surface area contributed by atoms with Gasteiger partial charge in [0.15, 0.2) is 0 Å². The maximum Gasteiger partial charge on any atom is 0.212 e. The van der Waals surface area contributed by atoms with Crippen LogP contribution in [0.5, 0.6) is 11.5 Å². The Labute approximate surface area is 164 Å². The van der Waals surface area contributed by atoms with Gasteiger partial charge in [0.05, 0.1) is 25.5 Å². The van der Waals surface area contributed by atoms with Crippen LogP contribution in [-0.2, 0) is 0 Å². The van der Waals surface area contributed by atoms with Crippen molar-refractivity contribution in [1.82, 2.24) is 4.98 Å². The number of nitrogens with one attached hydrogen (secondary N) is 1. The van der Waals surface area contributed by atoms with E-state index in [1.807, 2.05) is 50.2 Å². The number of fused-ring (bicyclic) bond motifs is 3. The van der Waals surface area contributed by atoms with Crippen LogP contribution in [0.2, 0.25) is 0 Å². The summed E-state index contributed by atoms with van der Waals surface area (Å²) in [4.78, 5) is 16.2. The molecule has 144 valence electrons. The molecule has 0 fully saturated rings. The van der Waals surface area contributed by atoms with Crippen molar-refractivity contribution in [2.24, 2.45) is 0 Å². The predicted octanol–water partition coefficient (Wildman–Crippen LogP) is 5.18. The van der Waals surface area contributed by atoms with E-state index in [4.69, 9.17) is 15.2 Å². The van der Waals surface area contributed by atoms with Gasteiger partial charge < -0.3 is 20.2 Å². The average Bonchev–Trinajstić information content (AvgIpc) is 3.18. The number of anilines is 1. The van der Waals surface area contributed by atoms with Crippen molar-refractivity contribution < 1.29 is 14.3 Å². The summed E-state index contributed by atoms with van der Waals surface area (Å²) in [5, 5.41) is 2.98. The first-order chi connectivity index (χ1) is 13.6. The number of hydrogen-bond acceptors (Lipinski definition) is 4. The van der Waals surface area contributed by atoms with Crippen LogP contribution in [0.3, 0.4) is 0 Å². The predicted molar refractivity (Wildman–Crippen MR) is 115 cm³/mol. The molecule has 0 spiro atoms. The molecule has 0 aliphatic rings. The second kappa shape index (κ2) is 8.05. The molecule has 1 heterocycles. The maximum atomic E-state index is 13.0. The highest BCUT2D eigenvalue weighted by Crippen LogP contribution is 2.34. The van der Waals surface area contributed by atoms with Crippen LogP contribution < -0.4 is 15.2 Å². The molecular weight excluding hydrogens is 352 g/mol. The molecule has 5 nitrogen and oxygen atoms in total. The van der Waals surface area contributed by atoms with E-state index in [2.05, 4.69) is 4.98 Å². The quantitative estimate of drug-likeness (QED) is 0.380. The van der Waals surface area contributed by atoms with Crippen LogP contribution in [0.4, 0.5) is 5.69 Å². The number of hydrogen-bond donors (Lipinski definition) is 2. The van der Waals surface area contributed by atoms with E-state index >= 15 is 0 Å². The molecule has 0 aliphatic heterocycles. The molecule has 0 radical (unpaired) electrons. The van der Waals surface area contributed by atoms with Gasteiger partial charge in [-0.15, -0.1) is 0 Å². The number of rotatable bonds is 4. The number of nitrogens with two attached hydrogens (primary N) is 1. The molecule has 0 saturated carbocycles. The minimum absolute atomic E-state index is 0.152. The fourth-order valence-electron chi connectivity index (χ4n) is 3.29. The summed E-state index contributed by atoms with van der Waals surface area (Å²) in [5.74, 6) is 1.08. The third-order valence-electron chi connectivity index (χ3n) is 4.54. The second-order valence-electron chi connectivity index (χ2n) is 6.06. The van der Waals surface area contributed by atoms with Gasteiger partial charge in [-0.1, -0.05) is 32.0 Å². The Kier molecular flexibility index (Phi) is 5.54. The number of ketones is 1. The summed E-state index contributed by atoms with van der Waals surface area (Å²) in [6.07, 6.45) is 0. The minimum atomic E-state index is -0.152. The van der Waals surface area contributed by atoms with Crippen LogP contribution >= 0.6 is 0 Å². The number of aromatic nitrogens is 1. The van der Waals surface area contributed by atoms with Crippen molar-refractivity contribution in [2.45, 2.75) is 13.8 Å². The van der Waals surface area contributed by atoms with Crippen molar-refractivity contribution in [1.29, 1.82) is 0 Å². The zero-order valence-electron chi connectivity index (χ0n) is 16.5. The van der Waals surface area contributed by atoms with Crippen LogP contribution in [0.25, 0.3) is 21.7 Å². The molecule has 4 rings (SSSR count). The Balaban J connectivity index is 0.00000109.